The third-order valence-corrected chi connectivity index (χ3v) is 7.28. The van der Waals surface area contributed by atoms with Crippen LogP contribution in [-0.2, 0) is 12.8 Å². The molecule has 1 N–H and O–H groups in total. The molecule has 3 heterocycles. The summed E-state index contributed by atoms with van der Waals surface area (Å²) in [4.78, 5) is 30.9. The number of hydrogen-bond acceptors (Lipinski definition) is 5. The summed E-state index contributed by atoms with van der Waals surface area (Å²) in [5.74, 6) is 0. The summed E-state index contributed by atoms with van der Waals surface area (Å²) in [7, 11) is 0. The fourth-order valence-electron chi connectivity index (χ4n) is 3.83. The van der Waals surface area contributed by atoms with Crippen LogP contribution in [0.2, 0.25) is 0 Å². The zero-order chi connectivity index (χ0) is 17.8. The van der Waals surface area contributed by atoms with Crippen molar-refractivity contribution < 1.29 is 0 Å². The van der Waals surface area contributed by atoms with Gasteiger partial charge in [0.1, 0.15) is 4.83 Å². The van der Waals surface area contributed by atoms with Gasteiger partial charge in [0, 0.05) is 10.3 Å². The quantitative estimate of drug-likeness (QED) is 0.507. The summed E-state index contributed by atoms with van der Waals surface area (Å²) in [6, 6.07) is 5.65. The molecule has 5 rings (SSSR count). The first kappa shape index (κ1) is 16.0. The summed E-state index contributed by atoms with van der Waals surface area (Å²) in [6.07, 6.45) is 5.37. The van der Waals surface area contributed by atoms with E-state index in [0.29, 0.717) is 11.1 Å². The van der Waals surface area contributed by atoms with Gasteiger partial charge < -0.3 is 0 Å². The number of aryl methyl sites for hydroxylation is 3. The van der Waals surface area contributed by atoms with Gasteiger partial charge in [-0.05, 0) is 67.9 Å². The molecule has 0 unspecified atom stereocenters. The minimum absolute atomic E-state index is 0.205. The van der Waals surface area contributed by atoms with E-state index in [2.05, 4.69) is 9.36 Å². The Balaban J connectivity index is 1.82. The second kappa shape index (κ2) is 5.89. The third kappa shape index (κ3) is 2.30. The van der Waals surface area contributed by atoms with Crippen molar-refractivity contribution in [2.24, 2.45) is 0 Å². The Labute approximate surface area is 157 Å². The predicted molar refractivity (Wildman–Crippen MR) is 107 cm³/mol. The number of rotatable bonds is 1. The Morgan fingerprint density at radius 1 is 1.15 bits per heavy atom. The van der Waals surface area contributed by atoms with Crippen LogP contribution in [0.15, 0.2) is 27.8 Å². The molecule has 0 amide bonds. The van der Waals surface area contributed by atoms with E-state index >= 15 is 0 Å². The molecule has 5 nitrogen and oxygen atoms in total. The second-order valence-electron chi connectivity index (χ2n) is 6.79. The second-order valence-corrected chi connectivity index (χ2v) is 8.70. The zero-order valence-corrected chi connectivity index (χ0v) is 15.9. The maximum Gasteiger partial charge on any atom is 0.334 e. The molecule has 0 spiro atoms. The van der Waals surface area contributed by atoms with E-state index in [1.54, 1.807) is 11.3 Å². The summed E-state index contributed by atoms with van der Waals surface area (Å²) in [5.41, 5.74) is 2.08. The van der Waals surface area contributed by atoms with Gasteiger partial charge in [0.2, 0.25) is 0 Å². The average molecular weight is 383 g/mol. The Morgan fingerprint density at radius 2 is 2.00 bits per heavy atom. The van der Waals surface area contributed by atoms with Gasteiger partial charge in [0.05, 0.1) is 21.5 Å². The molecule has 0 bridgehead atoms. The molecule has 4 aromatic rings. The topological polar surface area (TPSA) is 67.8 Å². The third-order valence-electron chi connectivity index (χ3n) is 5.15. The van der Waals surface area contributed by atoms with Crippen molar-refractivity contribution in [3.63, 3.8) is 0 Å². The van der Waals surface area contributed by atoms with E-state index in [-0.39, 0.29) is 11.2 Å². The van der Waals surface area contributed by atoms with Gasteiger partial charge in [-0.3, -0.25) is 9.78 Å². The van der Waals surface area contributed by atoms with Crippen molar-refractivity contribution in [3.05, 3.63) is 55.2 Å². The number of H-pyrrole nitrogens is 1. The molecule has 132 valence electrons. The minimum atomic E-state index is -0.376. The number of benzene rings is 1. The van der Waals surface area contributed by atoms with Gasteiger partial charge in [-0.25, -0.2) is 9.36 Å². The molecule has 1 aliphatic carbocycles. The number of aromatic nitrogens is 3. The largest absolute Gasteiger partial charge is 0.334 e. The van der Waals surface area contributed by atoms with Crippen LogP contribution in [0.3, 0.4) is 0 Å². The van der Waals surface area contributed by atoms with E-state index in [4.69, 9.17) is 0 Å². The van der Waals surface area contributed by atoms with E-state index in [9.17, 15) is 9.59 Å². The van der Waals surface area contributed by atoms with Gasteiger partial charge in [0.15, 0.2) is 0 Å². The number of aromatic amines is 1. The van der Waals surface area contributed by atoms with Crippen LogP contribution in [-0.4, -0.2) is 13.9 Å². The van der Waals surface area contributed by atoms with E-state index in [1.165, 1.54) is 27.4 Å². The molecule has 26 heavy (non-hydrogen) atoms. The highest BCUT2D eigenvalue weighted by molar-refractivity contribution is 7.18. The summed E-state index contributed by atoms with van der Waals surface area (Å²) >= 11 is 3.00. The molecule has 1 aromatic carbocycles. The number of hydrogen-bond donors (Lipinski definition) is 1. The van der Waals surface area contributed by atoms with Crippen molar-refractivity contribution in [3.8, 4) is 5.69 Å². The van der Waals surface area contributed by atoms with Crippen LogP contribution in [0.5, 0.6) is 0 Å². The molecule has 0 aliphatic heterocycles. The smallest absolute Gasteiger partial charge is 0.298 e. The maximum absolute atomic E-state index is 13.3. The highest BCUT2D eigenvalue weighted by Crippen LogP contribution is 2.32. The van der Waals surface area contributed by atoms with Crippen LogP contribution >= 0.6 is 22.9 Å². The molecule has 0 radical (unpaired) electrons. The lowest BCUT2D eigenvalue weighted by atomic mass is 10.1. The normalized spacial score (nSPS) is 14.7. The zero-order valence-electron chi connectivity index (χ0n) is 14.3. The van der Waals surface area contributed by atoms with Crippen molar-refractivity contribution in [2.75, 3.05) is 0 Å². The van der Waals surface area contributed by atoms with Crippen molar-refractivity contribution in [2.45, 2.75) is 39.0 Å². The van der Waals surface area contributed by atoms with E-state index in [0.717, 1.165) is 51.9 Å². The Hall–Kier alpha value is -2.25. The Morgan fingerprint density at radius 3 is 2.88 bits per heavy atom. The van der Waals surface area contributed by atoms with Gasteiger partial charge in [0.25, 0.3) is 5.56 Å². The number of fused-ring (bicyclic) bond motifs is 4. The molecule has 0 saturated heterocycles. The van der Waals surface area contributed by atoms with Crippen LogP contribution in [0.1, 0.15) is 35.4 Å². The Bertz CT molecular complexity index is 1280. The molecule has 0 fully saturated rings. The molecule has 7 heteroatoms. The number of nitrogens with zero attached hydrogens (tertiary/aromatic N) is 2. The first-order valence-corrected chi connectivity index (χ1v) is 10.4. The highest BCUT2D eigenvalue weighted by atomic mass is 32.1. The number of thiophene rings is 1. The monoisotopic (exact) mass is 383 g/mol. The number of nitrogens with one attached hydrogen (secondary N) is 1. The van der Waals surface area contributed by atoms with Crippen molar-refractivity contribution in [1.82, 2.24) is 13.9 Å². The molecular formula is C19H17N3O2S2. The first-order chi connectivity index (χ1) is 12.6. The van der Waals surface area contributed by atoms with Crippen LogP contribution in [0.25, 0.3) is 26.0 Å². The summed E-state index contributed by atoms with van der Waals surface area (Å²) in [5, 5.41) is 1.69. The van der Waals surface area contributed by atoms with Crippen molar-refractivity contribution >= 4 is 43.2 Å². The van der Waals surface area contributed by atoms with Gasteiger partial charge >= 0.3 is 5.69 Å². The minimum Gasteiger partial charge on any atom is -0.298 e. The predicted octanol–water partition coefficient (Wildman–Crippen LogP) is 3.93. The lowest BCUT2D eigenvalue weighted by Gasteiger charge is -2.06. The molecule has 1 aliphatic rings. The first-order valence-electron chi connectivity index (χ1n) is 8.79. The van der Waals surface area contributed by atoms with Crippen LogP contribution < -0.4 is 11.2 Å². The lowest BCUT2D eigenvalue weighted by molar-refractivity contribution is 0.713. The average Bonchev–Trinajstić information content (AvgIpc) is 3.07. The molecule has 0 saturated carbocycles. The van der Waals surface area contributed by atoms with Crippen molar-refractivity contribution in [1.29, 1.82) is 0 Å². The Kier molecular flexibility index (Phi) is 3.62. The molecular weight excluding hydrogens is 366 g/mol. The van der Waals surface area contributed by atoms with Gasteiger partial charge in [-0.2, -0.15) is 4.37 Å². The lowest BCUT2D eigenvalue weighted by Crippen LogP contribution is -2.33. The molecule has 3 aromatic heterocycles. The SMILES string of the molecule is Cc1nsc2ccc(-n3c(=O)[nH]c4sc5c(c4c3=O)CCCCC5)cc12. The van der Waals surface area contributed by atoms with Gasteiger partial charge in [-0.1, -0.05) is 6.42 Å². The highest BCUT2D eigenvalue weighted by Gasteiger charge is 2.20. The van der Waals surface area contributed by atoms with Crippen LogP contribution in [0.4, 0.5) is 0 Å². The summed E-state index contributed by atoms with van der Waals surface area (Å²) in [6.45, 7) is 1.94. The van der Waals surface area contributed by atoms with E-state index in [1.807, 2.05) is 25.1 Å². The fourth-order valence-corrected chi connectivity index (χ4v) is 5.87. The maximum atomic E-state index is 13.3. The molecule has 0 atom stereocenters. The standard InChI is InChI=1S/C19H17N3O2S2/c1-10-13-9-11(7-8-15(13)26-21-10)22-18(23)16-12-5-3-2-4-6-14(12)25-17(16)20-19(22)24/h7-9H,2-6H2,1H3,(H,20,24). The van der Waals surface area contributed by atoms with E-state index < -0.39 is 0 Å². The fraction of sp³-hybridized carbons (Fsp3) is 0.316. The van der Waals surface area contributed by atoms with Gasteiger partial charge in [-0.15, -0.1) is 11.3 Å². The van der Waals surface area contributed by atoms with Crippen LogP contribution in [0, 0.1) is 6.92 Å². The summed E-state index contributed by atoms with van der Waals surface area (Å²) < 4.78 is 6.69.